The van der Waals surface area contributed by atoms with Crippen LogP contribution in [0, 0.1) is 0 Å². The Bertz CT molecular complexity index is 494. The molecule has 0 radical (unpaired) electrons. The molecule has 0 amide bonds. The molecular weight excluding hydrogens is 274 g/mol. The predicted molar refractivity (Wildman–Crippen MR) is 82.8 cm³/mol. The number of nitrogens with two attached hydrogens (primary N) is 1. The molecule has 0 aliphatic carbocycles. The van der Waals surface area contributed by atoms with Crippen LogP contribution in [0.25, 0.3) is 0 Å². The van der Waals surface area contributed by atoms with Crippen molar-refractivity contribution in [2.75, 3.05) is 12.4 Å². The minimum Gasteiger partial charge on any atom is -0.493 e. The van der Waals surface area contributed by atoms with Gasteiger partial charge >= 0.3 is 0 Å². The van der Waals surface area contributed by atoms with E-state index >= 15 is 0 Å². The Morgan fingerprint density at radius 3 is 2.30 bits per heavy atom. The first-order valence-electron chi connectivity index (χ1n) is 7.04. The number of hydrogen-bond acceptors (Lipinski definition) is 4. The van der Waals surface area contributed by atoms with Gasteiger partial charge in [-0.2, -0.15) is 0 Å². The van der Waals surface area contributed by atoms with Gasteiger partial charge in [-0.25, -0.2) is 8.42 Å². The van der Waals surface area contributed by atoms with Crippen LogP contribution in [-0.4, -0.2) is 32.1 Å². The molecule has 0 heterocycles. The van der Waals surface area contributed by atoms with E-state index in [0.29, 0.717) is 5.75 Å². The van der Waals surface area contributed by atoms with E-state index in [1.54, 1.807) is 13.8 Å². The molecule has 5 heteroatoms. The lowest BCUT2D eigenvalue weighted by Crippen LogP contribution is -2.22. The summed E-state index contributed by atoms with van der Waals surface area (Å²) in [5, 5.41) is -0.357. The summed E-state index contributed by atoms with van der Waals surface area (Å²) in [5.74, 6) is 0.741. The first kappa shape index (κ1) is 17.0. The Morgan fingerprint density at radius 2 is 1.80 bits per heavy atom. The highest BCUT2D eigenvalue weighted by Crippen LogP contribution is 2.14. The quantitative estimate of drug-likeness (QED) is 0.798. The van der Waals surface area contributed by atoms with E-state index < -0.39 is 9.84 Å². The Kier molecular flexibility index (Phi) is 6.49. The van der Waals surface area contributed by atoms with Crippen LogP contribution < -0.4 is 10.5 Å². The SMILES string of the molecule is CCC(N)Cc1ccc(OCCS(=O)(=O)C(C)C)cc1. The zero-order valence-electron chi connectivity index (χ0n) is 12.5. The molecule has 20 heavy (non-hydrogen) atoms. The van der Waals surface area contributed by atoms with Crippen molar-refractivity contribution in [3.63, 3.8) is 0 Å². The zero-order chi connectivity index (χ0) is 15.2. The molecule has 1 unspecified atom stereocenters. The van der Waals surface area contributed by atoms with Crippen molar-refractivity contribution in [3.8, 4) is 5.75 Å². The highest BCUT2D eigenvalue weighted by Gasteiger charge is 2.15. The summed E-state index contributed by atoms with van der Waals surface area (Å²) < 4.78 is 28.7. The van der Waals surface area contributed by atoms with Gasteiger partial charge in [0.1, 0.15) is 12.4 Å². The summed E-state index contributed by atoms with van der Waals surface area (Å²) in [6.07, 6.45) is 1.80. The summed E-state index contributed by atoms with van der Waals surface area (Å²) in [4.78, 5) is 0. The lowest BCUT2D eigenvalue weighted by molar-refractivity contribution is 0.340. The van der Waals surface area contributed by atoms with Crippen molar-refractivity contribution in [2.45, 2.75) is 44.9 Å². The average Bonchev–Trinajstić information content (AvgIpc) is 2.40. The largest absolute Gasteiger partial charge is 0.493 e. The molecule has 0 saturated heterocycles. The van der Waals surface area contributed by atoms with E-state index in [9.17, 15) is 8.42 Å². The minimum absolute atomic E-state index is 0.0487. The molecule has 0 spiro atoms. The third kappa shape index (κ3) is 5.51. The first-order chi connectivity index (χ1) is 9.35. The lowest BCUT2D eigenvalue weighted by Gasteiger charge is -2.11. The standard InChI is InChI=1S/C15H25NO3S/c1-4-14(16)11-13-5-7-15(8-6-13)19-9-10-20(17,18)12(2)3/h5-8,12,14H,4,9-11,16H2,1-3H3. The lowest BCUT2D eigenvalue weighted by atomic mass is 10.0. The fraction of sp³-hybridized carbons (Fsp3) is 0.600. The monoisotopic (exact) mass is 299 g/mol. The zero-order valence-corrected chi connectivity index (χ0v) is 13.3. The number of sulfone groups is 1. The molecule has 0 saturated carbocycles. The molecule has 1 atom stereocenters. The summed E-state index contributed by atoms with van der Waals surface area (Å²) in [7, 11) is -3.04. The van der Waals surface area contributed by atoms with Crippen LogP contribution in [0.15, 0.2) is 24.3 Å². The van der Waals surface area contributed by atoms with Crippen LogP contribution in [0.5, 0.6) is 5.75 Å². The van der Waals surface area contributed by atoms with Gasteiger partial charge in [-0.15, -0.1) is 0 Å². The molecule has 0 aromatic heterocycles. The van der Waals surface area contributed by atoms with Gasteiger partial charge in [0.05, 0.1) is 11.0 Å². The number of benzene rings is 1. The van der Waals surface area contributed by atoms with E-state index in [1.165, 1.54) is 5.56 Å². The Labute approximate surface area is 122 Å². The van der Waals surface area contributed by atoms with Crippen molar-refractivity contribution in [1.82, 2.24) is 0 Å². The summed E-state index contributed by atoms with van der Waals surface area (Å²) in [6.45, 7) is 5.62. The van der Waals surface area contributed by atoms with Crippen molar-refractivity contribution in [1.29, 1.82) is 0 Å². The summed E-state index contributed by atoms with van der Waals surface area (Å²) in [6, 6.07) is 7.85. The molecule has 4 nitrogen and oxygen atoms in total. The smallest absolute Gasteiger partial charge is 0.155 e. The van der Waals surface area contributed by atoms with Crippen LogP contribution in [0.4, 0.5) is 0 Å². The van der Waals surface area contributed by atoms with Crippen LogP contribution in [0.3, 0.4) is 0 Å². The fourth-order valence-electron chi connectivity index (χ4n) is 1.68. The van der Waals surface area contributed by atoms with Crippen LogP contribution in [-0.2, 0) is 16.3 Å². The second-order valence-corrected chi connectivity index (χ2v) is 7.96. The van der Waals surface area contributed by atoms with Crippen LogP contribution in [0.1, 0.15) is 32.8 Å². The van der Waals surface area contributed by atoms with Crippen molar-refractivity contribution in [2.24, 2.45) is 5.73 Å². The maximum atomic E-state index is 11.6. The Balaban J connectivity index is 2.46. The fourth-order valence-corrected chi connectivity index (χ4v) is 2.47. The molecule has 0 aliphatic heterocycles. The van der Waals surface area contributed by atoms with E-state index in [2.05, 4.69) is 6.92 Å². The number of rotatable bonds is 8. The van der Waals surface area contributed by atoms with Gasteiger partial charge in [0.15, 0.2) is 9.84 Å². The van der Waals surface area contributed by atoms with Gasteiger partial charge in [0.25, 0.3) is 0 Å². The molecule has 1 aromatic rings. The second kappa shape index (κ2) is 7.64. The van der Waals surface area contributed by atoms with E-state index in [-0.39, 0.29) is 23.7 Å². The number of ether oxygens (including phenoxy) is 1. The van der Waals surface area contributed by atoms with Gasteiger partial charge in [-0.3, -0.25) is 0 Å². The molecule has 2 N–H and O–H groups in total. The maximum absolute atomic E-state index is 11.6. The van der Waals surface area contributed by atoms with Crippen LogP contribution >= 0.6 is 0 Å². The van der Waals surface area contributed by atoms with E-state index in [1.807, 2.05) is 24.3 Å². The van der Waals surface area contributed by atoms with Crippen molar-refractivity contribution in [3.05, 3.63) is 29.8 Å². The molecule has 0 bridgehead atoms. The molecule has 0 aliphatic rings. The van der Waals surface area contributed by atoms with Crippen LogP contribution in [0.2, 0.25) is 0 Å². The highest BCUT2D eigenvalue weighted by atomic mass is 32.2. The molecule has 0 fully saturated rings. The number of hydrogen-bond donors (Lipinski definition) is 1. The predicted octanol–water partition coefficient (Wildman–Crippen LogP) is 2.17. The second-order valence-electron chi connectivity index (χ2n) is 5.28. The van der Waals surface area contributed by atoms with Gasteiger partial charge in [-0.1, -0.05) is 19.1 Å². The van der Waals surface area contributed by atoms with E-state index in [4.69, 9.17) is 10.5 Å². The first-order valence-corrected chi connectivity index (χ1v) is 8.75. The highest BCUT2D eigenvalue weighted by molar-refractivity contribution is 7.91. The van der Waals surface area contributed by atoms with Crippen molar-refractivity contribution < 1.29 is 13.2 Å². The topological polar surface area (TPSA) is 69.4 Å². The molecule has 114 valence electrons. The van der Waals surface area contributed by atoms with Gasteiger partial charge in [0.2, 0.25) is 0 Å². The average molecular weight is 299 g/mol. The Hall–Kier alpha value is -1.07. The molecule has 1 aromatic carbocycles. The molecule has 1 rings (SSSR count). The van der Waals surface area contributed by atoms with Gasteiger partial charge < -0.3 is 10.5 Å². The normalized spacial score (nSPS) is 13.4. The third-order valence-electron chi connectivity index (χ3n) is 3.30. The Morgan fingerprint density at radius 1 is 1.20 bits per heavy atom. The maximum Gasteiger partial charge on any atom is 0.155 e. The summed E-state index contributed by atoms with van der Waals surface area (Å²) in [5.41, 5.74) is 7.07. The molecular formula is C15H25NO3S. The minimum atomic E-state index is -3.04. The summed E-state index contributed by atoms with van der Waals surface area (Å²) >= 11 is 0. The van der Waals surface area contributed by atoms with Gasteiger partial charge in [-0.05, 0) is 44.4 Å². The van der Waals surface area contributed by atoms with Gasteiger partial charge in [0, 0.05) is 6.04 Å². The third-order valence-corrected chi connectivity index (χ3v) is 5.47. The van der Waals surface area contributed by atoms with E-state index in [0.717, 1.165) is 12.8 Å². The van der Waals surface area contributed by atoms with Crippen molar-refractivity contribution >= 4 is 9.84 Å².